The van der Waals surface area contributed by atoms with E-state index in [1.807, 2.05) is 24.3 Å². The Balaban J connectivity index is 2.69. The van der Waals surface area contributed by atoms with Gasteiger partial charge in [0.2, 0.25) is 0 Å². The summed E-state index contributed by atoms with van der Waals surface area (Å²) in [6, 6.07) is 7.48. The molecule has 2 aromatic rings. The molecule has 64 valence electrons. The first kappa shape index (κ1) is 7.67. The number of benzene rings is 1. The van der Waals surface area contributed by atoms with Crippen molar-refractivity contribution in [3.8, 4) is 0 Å². The van der Waals surface area contributed by atoms with E-state index in [9.17, 15) is 0 Å². The highest BCUT2D eigenvalue weighted by Gasteiger charge is 2.00. The predicted molar refractivity (Wildman–Crippen MR) is 50.6 cm³/mol. The van der Waals surface area contributed by atoms with Crippen molar-refractivity contribution in [2.24, 2.45) is 5.73 Å². The van der Waals surface area contributed by atoms with Crippen molar-refractivity contribution in [3.63, 3.8) is 0 Å². The molecule has 0 unspecified atom stereocenters. The first-order valence-corrected chi connectivity index (χ1v) is 3.83. The van der Waals surface area contributed by atoms with Crippen molar-refractivity contribution in [2.75, 3.05) is 0 Å². The molecule has 13 heavy (non-hydrogen) atoms. The first-order valence-electron chi connectivity index (χ1n) is 3.83. The van der Waals surface area contributed by atoms with Crippen LogP contribution in [-0.4, -0.2) is 15.8 Å². The summed E-state index contributed by atoms with van der Waals surface area (Å²) in [7, 11) is 0. The quantitative estimate of drug-likeness (QED) is 0.496. The molecule has 4 heteroatoms. The maximum absolute atomic E-state index is 7.19. The summed E-state index contributed by atoms with van der Waals surface area (Å²) in [6.07, 6.45) is 1.50. The second-order valence-electron chi connectivity index (χ2n) is 2.66. The van der Waals surface area contributed by atoms with E-state index in [0.717, 1.165) is 11.0 Å². The molecule has 0 saturated carbocycles. The Morgan fingerprint density at radius 3 is 2.62 bits per heavy atom. The number of rotatable bonds is 1. The van der Waals surface area contributed by atoms with E-state index in [1.54, 1.807) is 0 Å². The highest BCUT2D eigenvalue weighted by molar-refractivity contribution is 5.94. The zero-order valence-corrected chi connectivity index (χ0v) is 6.86. The van der Waals surface area contributed by atoms with Crippen molar-refractivity contribution in [1.29, 1.82) is 5.41 Å². The molecule has 1 aromatic carbocycles. The van der Waals surface area contributed by atoms with Gasteiger partial charge in [-0.2, -0.15) is 0 Å². The molecule has 0 aliphatic rings. The number of para-hydroxylation sites is 2. The minimum Gasteiger partial charge on any atom is -0.382 e. The van der Waals surface area contributed by atoms with Crippen molar-refractivity contribution in [3.05, 3.63) is 36.2 Å². The van der Waals surface area contributed by atoms with Crippen LogP contribution in [-0.2, 0) is 0 Å². The van der Waals surface area contributed by atoms with Gasteiger partial charge in [0.05, 0.1) is 17.2 Å². The lowest BCUT2D eigenvalue weighted by atomic mass is 10.3. The molecule has 0 aliphatic carbocycles. The van der Waals surface area contributed by atoms with Crippen LogP contribution in [0.3, 0.4) is 0 Å². The zero-order valence-electron chi connectivity index (χ0n) is 6.86. The van der Waals surface area contributed by atoms with Crippen LogP contribution in [0.4, 0.5) is 0 Å². The van der Waals surface area contributed by atoms with E-state index in [-0.39, 0.29) is 5.84 Å². The first-order chi connectivity index (χ1) is 6.27. The molecule has 0 fully saturated rings. The third kappa shape index (κ3) is 1.33. The summed E-state index contributed by atoms with van der Waals surface area (Å²) in [6.45, 7) is 0. The number of amidine groups is 1. The summed E-state index contributed by atoms with van der Waals surface area (Å²) >= 11 is 0. The molecule has 0 amide bonds. The molecule has 3 N–H and O–H groups in total. The Labute approximate surface area is 74.9 Å². The van der Waals surface area contributed by atoms with E-state index in [4.69, 9.17) is 11.1 Å². The van der Waals surface area contributed by atoms with Crippen LogP contribution in [0.5, 0.6) is 0 Å². The van der Waals surface area contributed by atoms with Gasteiger partial charge in [-0.25, -0.2) is 4.98 Å². The highest BCUT2D eigenvalue weighted by atomic mass is 14.9. The molecule has 2 rings (SSSR count). The van der Waals surface area contributed by atoms with Crippen LogP contribution in [0.2, 0.25) is 0 Å². The standard InChI is InChI=1S/C9H8N4/c10-9(11)8-5-12-6-3-1-2-4-7(6)13-8/h1-5H,(H3,10,11). The molecule has 4 nitrogen and oxygen atoms in total. The van der Waals surface area contributed by atoms with Gasteiger partial charge >= 0.3 is 0 Å². The van der Waals surface area contributed by atoms with E-state index in [2.05, 4.69) is 9.97 Å². The number of hydrogen-bond acceptors (Lipinski definition) is 3. The predicted octanol–water partition coefficient (Wildman–Crippen LogP) is 0.914. The van der Waals surface area contributed by atoms with Gasteiger partial charge in [-0.15, -0.1) is 0 Å². The molecular formula is C9H8N4. The largest absolute Gasteiger partial charge is 0.382 e. The fourth-order valence-electron chi connectivity index (χ4n) is 1.09. The lowest BCUT2D eigenvalue weighted by Crippen LogP contribution is -2.13. The van der Waals surface area contributed by atoms with Gasteiger partial charge in [0, 0.05) is 0 Å². The summed E-state index contributed by atoms with van der Waals surface area (Å²) in [5.41, 5.74) is 7.27. The van der Waals surface area contributed by atoms with Gasteiger partial charge < -0.3 is 5.73 Å². The smallest absolute Gasteiger partial charge is 0.143 e. The Morgan fingerprint density at radius 1 is 1.23 bits per heavy atom. The highest BCUT2D eigenvalue weighted by Crippen LogP contribution is 2.07. The average Bonchev–Trinajstić information content (AvgIpc) is 2.17. The summed E-state index contributed by atoms with van der Waals surface area (Å²) in [4.78, 5) is 8.28. The fraction of sp³-hybridized carbons (Fsp3) is 0. The maximum atomic E-state index is 7.19. The number of nitrogens with zero attached hydrogens (tertiary/aromatic N) is 2. The van der Waals surface area contributed by atoms with Crippen LogP contribution in [0, 0.1) is 5.41 Å². The Bertz CT molecular complexity index is 464. The van der Waals surface area contributed by atoms with Gasteiger partial charge in [0.25, 0.3) is 0 Å². The van der Waals surface area contributed by atoms with E-state index in [1.165, 1.54) is 6.20 Å². The molecule has 0 saturated heterocycles. The number of nitrogens with one attached hydrogen (secondary N) is 1. The molecular weight excluding hydrogens is 164 g/mol. The lowest BCUT2D eigenvalue weighted by Gasteiger charge is -1.98. The number of hydrogen-bond donors (Lipinski definition) is 2. The monoisotopic (exact) mass is 172 g/mol. The van der Waals surface area contributed by atoms with Crippen LogP contribution >= 0.6 is 0 Å². The number of aromatic nitrogens is 2. The Hall–Kier alpha value is -1.97. The van der Waals surface area contributed by atoms with Crippen molar-refractivity contribution < 1.29 is 0 Å². The van der Waals surface area contributed by atoms with Gasteiger partial charge in [-0.3, -0.25) is 10.4 Å². The molecule has 0 bridgehead atoms. The summed E-state index contributed by atoms with van der Waals surface area (Å²) in [5, 5.41) is 7.19. The Kier molecular flexibility index (Phi) is 1.66. The van der Waals surface area contributed by atoms with Gasteiger partial charge in [-0.1, -0.05) is 12.1 Å². The number of nitrogen functional groups attached to an aromatic ring is 1. The maximum Gasteiger partial charge on any atom is 0.143 e. The second-order valence-corrected chi connectivity index (χ2v) is 2.66. The minimum atomic E-state index is -0.0572. The number of nitrogens with two attached hydrogens (primary N) is 1. The van der Waals surface area contributed by atoms with Gasteiger partial charge in [-0.05, 0) is 12.1 Å². The molecule has 0 spiro atoms. The summed E-state index contributed by atoms with van der Waals surface area (Å²) < 4.78 is 0. The SMILES string of the molecule is N=C(N)c1cnc2ccccc2n1. The van der Waals surface area contributed by atoms with Crippen LogP contribution < -0.4 is 5.73 Å². The lowest BCUT2D eigenvalue weighted by molar-refractivity contribution is 1.24. The third-order valence-electron chi connectivity index (χ3n) is 1.72. The summed E-state index contributed by atoms with van der Waals surface area (Å²) in [5.74, 6) is -0.0572. The van der Waals surface area contributed by atoms with E-state index in [0.29, 0.717) is 5.69 Å². The molecule has 1 heterocycles. The van der Waals surface area contributed by atoms with Crippen molar-refractivity contribution in [1.82, 2.24) is 9.97 Å². The number of fused-ring (bicyclic) bond motifs is 1. The Morgan fingerprint density at radius 2 is 1.92 bits per heavy atom. The second kappa shape index (κ2) is 2.82. The molecule has 1 aromatic heterocycles. The molecule has 0 radical (unpaired) electrons. The normalized spacial score (nSPS) is 10.2. The van der Waals surface area contributed by atoms with Crippen LogP contribution in [0.15, 0.2) is 30.5 Å². The van der Waals surface area contributed by atoms with Crippen molar-refractivity contribution >= 4 is 16.9 Å². The van der Waals surface area contributed by atoms with Crippen LogP contribution in [0.25, 0.3) is 11.0 Å². The molecule has 0 atom stereocenters. The van der Waals surface area contributed by atoms with E-state index < -0.39 is 0 Å². The van der Waals surface area contributed by atoms with Crippen molar-refractivity contribution in [2.45, 2.75) is 0 Å². The van der Waals surface area contributed by atoms with Crippen LogP contribution in [0.1, 0.15) is 5.69 Å². The fourth-order valence-corrected chi connectivity index (χ4v) is 1.09. The van der Waals surface area contributed by atoms with E-state index >= 15 is 0 Å². The van der Waals surface area contributed by atoms with Gasteiger partial charge in [0.15, 0.2) is 0 Å². The topological polar surface area (TPSA) is 75.7 Å². The third-order valence-corrected chi connectivity index (χ3v) is 1.72. The minimum absolute atomic E-state index is 0.0572. The molecule has 0 aliphatic heterocycles. The average molecular weight is 172 g/mol. The van der Waals surface area contributed by atoms with Gasteiger partial charge in [0.1, 0.15) is 11.5 Å². The zero-order chi connectivity index (χ0) is 9.26.